The molecule has 6 nitrogen and oxygen atoms in total. The van der Waals surface area contributed by atoms with Gasteiger partial charge in [0, 0.05) is 7.11 Å². The second-order valence-corrected chi connectivity index (χ2v) is 2.93. The molecule has 6 heteroatoms. The Hall–Kier alpha value is -0.240. The summed E-state index contributed by atoms with van der Waals surface area (Å²) in [6.45, 7) is -0.390. The Morgan fingerprint density at radius 2 is 1.85 bits per heavy atom. The fourth-order valence-corrected chi connectivity index (χ4v) is 1.36. The van der Waals surface area contributed by atoms with Gasteiger partial charge in [-0.1, -0.05) is 0 Å². The molecule has 1 aliphatic rings. The van der Waals surface area contributed by atoms with Gasteiger partial charge in [0.2, 0.25) is 0 Å². The first kappa shape index (κ1) is 10.8. The lowest BCUT2D eigenvalue weighted by Gasteiger charge is -2.39. The molecule has 0 spiro atoms. The summed E-state index contributed by atoms with van der Waals surface area (Å²) in [4.78, 5) is 0. The van der Waals surface area contributed by atoms with E-state index in [1.165, 1.54) is 7.11 Å². The van der Waals surface area contributed by atoms with Crippen LogP contribution in [0, 0.1) is 0 Å². The van der Waals surface area contributed by atoms with E-state index in [0.717, 1.165) is 0 Å². The molecule has 0 saturated carbocycles. The van der Waals surface area contributed by atoms with Crippen molar-refractivity contribution in [2.24, 2.45) is 0 Å². The Morgan fingerprint density at radius 3 is 2.31 bits per heavy atom. The van der Waals surface area contributed by atoms with Crippen LogP contribution in [0.5, 0.6) is 0 Å². The third-order valence-corrected chi connectivity index (χ3v) is 2.11. The molecule has 13 heavy (non-hydrogen) atoms. The molecule has 0 bridgehead atoms. The van der Waals surface area contributed by atoms with E-state index in [4.69, 9.17) is 19.7 Å². The maximum absolute atomic E-state index is 9.38. The van der Waals surface area contributed by atoms with Crippen LogP contribution in [-0.4, -0.2) is 64.8 Å². The molecule has 0 aromatic carbocycles. The molecular formula is C7H14O6. The molecule has 1 heterocycles. The second kappa shape index (κ2) is 4.32. The van der Waals surface area contributed by atoms with E-state index in [-0.39, 0.29) is 6.61 Å². The number of aliphatic hydroxyl groups excluding tert-OH is 4. The van der Waals surface area contributed by atoms with Crippen molar-refractivity contribution in [3.05, 3.63) is 0 Å². The van der Waals surface area contributed by atoms with Crippen molar-refractivity contribution in [1.82, 2.24) is 0 Å². The van der Waals surface area contributed by atoms with Gasteiger partial charge in [0.15, 0.2) is 6.29 Å². The van der Waals surface area contributed by atoms with E-state index >= 15 is 0 Å². The summed E-state index contributed by atoms with van der Waals surface area (Å²) in [5, 5.41) is 36.4. The van der Waals surface area contributed by atoms with Crippen molar-refractivity contribution in [2.75, 3.05) is 13.7 Å². The molecule has 0 aromatic rings. The number of methoxy groups -OCH3 is 1. The molecule has 0 amide bonds. The average molecular weight is 194 g/mol. The average Bonchev–Trinajstić information content (AvgIpc) is 2.13. The quantitative estimate of drug-likeness (QED) is 0.386. The van der Waals surface area contributed by atoms with Crippen LogP contribution in [0.2, 0.25) is 0 Å². The fraction of sp³-hybridized carbons (Fsp3) is 1.00. The SMILES string of the molecule is CO[C@H]1C(CO)O[C@@H](O)[C@@H](O)C1O. The highest BCUT2D eigenvalue weighted by molar-refractivity contribution is 4.89. The predicted molar refractivity (Wildman–Crippen MR) is 40.8 cm³/mol. The van der Waals surface area contributed by atoms with Gasteiger partial charge in [0.25, 0.3) is 0 Å². The summed E-state index contributed by atoms with van der Waals surface area (Å²) in [7, 11) is 1.32. The summed E-state index contributed by atoms with van der Waals surface area (Å²) in [5.41, 5.74) is 0. The molecule has 0 aromatic heterocycles. The van der Waals surface area contributed by atoms with Crippen molar-refractivity contribution in [1.29, 1.82) is 0 Å². The van der Waals surface area contributed by atoms with Crippen molar-refractivity contribution in [2.45, 2.75) is 30.7 Å². The van der Waals surface area contributed by atoms with Crippen LogP contribution in [0.15, 0.2) is 0 Å². The van der Waals surface area contributed by atoms with E-state index in [9.17, 15) is 10.2 Å². The molecule has 0 radical (unpaired) electrons. The van der Waals surface area contributed by atoms with Gasteiger partial charge in [-0.2, -0.15) is 0 Å². The van der Waals surface area contributed by atoms with Crippen LogP contribution >= 0.6 is 0 Å². The van der Waals surface area contributed by atoms with E-state index in [2.05, 4.69) is 0 Å². The highest BCUT2D eigenvalue weighted by atomic mass is 16.6. The lowest BCUT2D eigenvalue weighted by molar-refractivity contribution is -0.290. The molecular weight excluding hydrogens is 180 g/mol. The second-order valence-electron chi connectivity index (χ2n) is 2.93. The molecule has 4 N–H and O–H groups in total. The summed E-state index contributed by atoms with van der Waals surface area (Å²) < 4.78 is 9.61. The molecule has 0 aliphatic carbocycles. The number of ether oxygens (including phenoxy) is 2. The van der Waals surface area contributed by atoms with Gasteiger partial charge in [0.1, 0.15) is 24.4 Å². The Labute approximate surface area is 75.3 Å². The molecule has 2 unspecified atom stereocenters. The molecule has 1 saturated heterocycles. The Balaban J connectivity index is 2.69. The monoisotopic (exact) mass is 194 g/mol. The Kier molecular flexibility index (Phi) is 3.60. The summed E-state index contributed by atoms with van der Waals surface area (Å²) >= 11 is 0. The zero-order chi connectivity index (χ0) is 10.0. The van der Waals surface area contributed by atoms with E-state index < -0.39 is 30.7 Å². The molecule has 1 rings (SSSR count). The fourth-order valence-electron chi connectivity index (χ4n) is 1.36. The number of hydrogen-bond donors (Lipinski definition) is 4. The van der Waals surface area contributed by atoms with Gasteiger partial charge in [-0.25, -0.2) is 0 Å². The van der Waals surface area contributed by atoms with Crippen LogP contribution in [0.3, 0.4) is 0 Å². The Morgan fingerprint density at radius 1 is 1.23 bits per heavy atom. The minimum atomic E-state index is -1.49. The van der Waals surface area contributed by atoms with Gasteiger partial charge in [-0.15, -0.1) is 0 Å². The van der Waals surface area contributed by atoms with Gasteiger partial charge >= 0.3 is 0 Å². The zero-order valence-corrected chi connectivity index (χ0v) is 7.20. The normalized spacial score (nSPS) is 46.4. The summed E-state index contributed by atoms with van der Waals surface area (Å²) in [6.07, 6.45) is -5.81. The lowest BCUT2D eigenvalue weighted by atomic mass is 9.99. The largest absolute Gasteiger partial charge is 0.394 e. The van der Waals surface area contributed by atoms with E-state index in [1.54, 1.807) is 0 Å². The summed E-state index contributed by atoms with van der Waals surface area (Å²) in [5.74, 6) is 0. The van der Waals surface area contributed by atoms with Crippen LogP contribution in [-0.2, 0) is 9.47 Å². The highest BCUT2D eigenvalue weighted by Gasteiger charge is 2.43. The maximum Gasteiger partial charge on any atom is 0.184 e. The standard InChI is InChI=1S/C7H14O6/c1-12-6-3(2-8)13-7(11)5(10)4(6)9/h3-11H,2H2,1H3/t3?,4?,5-,6-,7+/m0/s1. The van der Waals surface area contributed by atoms with Crippen LogP contribution in [0.1, 0.15) is 0 Å². The van der Waals surface area contributed by atoms with E-state index in [1.807, 2.05) is 0 Å². The minimum Gasteiger partial charge on any atom is -0.394 e. The first-order chi connectivity index (χ1) is 6.11. The van der Waals surface area contributed by atoms with Crippen molar-refractivity contribution >= 4 is 0 Å². The van der Waals surface area contributed by atoms with Crippen molar-refractivity contribution in [3.63, 3.8) is 0 Å². The smallest absolute Gasteiger partial charge is 0.184 e. The third-order valence-electron chi connectivity index (χ3n) is 2.11. The van der Waals surface area contributed by atoms with Crippen LogP contribution in [0.4, 0.5) is 0 Å². The third kappa shape index (κ3) is 1.98. The van der Waals surface area contributed by atoms with Gasteiger partial charge in [-0.05, 0) is 0 Å². The predicted octanol–water partition coefficient (Wildman–Crippen LogP) is -2.57. The minimum absolute atomic E-state index is 0.390. The van der Waals surface area contributed by atoms with Crippen LogP contribution < -0.4 is 0 Å². The van der Waals surface area contributed by atoms with Crippen molar-refractivity contribution in [3.8, 4) is 0 Å². The van der Waals surface area contributed by atoms with E-state index in [0.29, 0.717) is 0 Å². The number of hydrogen-bond acceptors (Lipinski definition) is 6. The Bertz CT molecular complexity index is 161. The number of aliphatic hydroxyl groups is 4. The van der Waals surface area contributed by atoms with Gasteiger partial charge in [0.05, 0.1) is 6.61 Å². The van der Waals surface area contributed by atoms with Gasteiger partial charge < -0.3 is 29.9 Å². The first-order valence-corrected chi connectivity index (χ1v) is 3.95. The molecule has 5 atom stereocenters. The zero-order valence-electron chi connectivity index (χ0n) is 7.20. The molecule has 78 valence electrons. The maximum atomic E-state index is 9.38. The van der Waals surface area contributed by atoms with Gasteiger partial charge in [-0.3, -0.25) is 0 Å². The van der Waals surface area contributed by atoms with Crippen molar-refractivity contribution < 1.29 is 29.9 Å². The first-order valence-electron chi connectivity index (χ1n) is 3.95. The highest BCUT2D eigenvalue weighted by Crippen LogP contribution is 2.21. The lowest BCUT2D eigenvalue weighted by Crippen LogP contribution is -2.59. The number of rotatable bonds is 2. The topological polar surface area (TPSA) is 99.4 Å². The molecule has 1 aliphatic heterocycles. The summed E-state index contributed by atoms with van der Waals surface area (Å²) in [6, 6.07) is 0. The van der Waals surface area contributed by atoms with Crippen LogP contribution in [0.25, 0.3) is 0 Å². The molecule has 1 fully saturated rings.